The lowest BCUT2D eigenvalue weighted by atomic mass is 9.93. The van der Waals surface area contributed by atoms with Gasteiger partial charge in [0.25, 0.3) is 0 Å². The van der Waals surface area contributed by atoms with E-state index < -0.39 is 0 Å². The largest absolute Gasteiger partial charge is 0.353 e. The van der Waals surface area contributed by atoms with Crippen LogP contribution in [0.1, 0.15) is 52.4 Å². The van der Waals surface area contributed by atoms with Gasteiger partial charge in [-0.15, -0.1) is 0 Å². The van der Waals surface area contributed by atoms with Crippen LogP contribution < -0.4 is 11.1 Å². The highest BCUT2D eigenvalue weighted by molar-refractivity contribution is 5.80. The zero-order valence-corrected chi connectivity index (χ0v) is 11.1. The molecule has 3 heteroatoms. The molecule has 2 aliphatic rings. The van der Waals surface area contributed by atoms with Crippen LogP contribution in [-0.2, 0) is 4.79 Å². The number of hydrogen-bond donors (Lipinski definition) is 2. The van der Waals surface area contributed by atoms with Gasteiger partial charge in [-0.25, -0.2) is 0 Å². The zero-order valence-electron chi connectivity index (χ0n) is 11.1. The smallest absolute Gasteiger partial charge is 0.224 e. The Morgan fingerprint density at radius 2 is 2.06 bits per heavy atom. The SMILES string of the molecule is CCC1CCC(NC(=O)C2CCCC2N)C1C. The lowest BCUT2D eigenvalue weighted by molar-refractivity contribution is -0.126. The Bertz CT molecular complexity index is 279. The normalized spacial score (nSPS) is 41.7. The maximum atomic E-state index is 12.2. The van der Waals surface area contributed by atoms with Crippen molar-refractivity contribution in [2.45, 2.75) is 64.5 Å². The molecule has 0 aromatic rings. The first kappa shape index (κ1) is 12.9. The molecule has 2 fully saturated rings. The Morgan fingerprint density at radius 1 is 1.29 bits per heavy atom. The molecule has 0 aromatic carbocycles. The van der Waals surface area contributed by atoms with Crippen molar-refractivity contribution in [3.63, 3.8) is 0 Å². The van der Waals surface area contributed by atoms with Crippen LogP contribution in [0.2, 0.25) is 0 Å². The highest BCUT2D eigenvalue weighted by Crippen LogP contribution is 2.34. The summed E-state index contributed by atoms with van der Waals surface area (Å²) in [4.78, 5) is 12.2. The van der Waals surface area contributed by atoms with Crippen molar-refractivity contribution in [1.29, 1.82) is 0 Å². The second-order valence-electron chi connectivity index (χ2n) is 5.92. The molecule has 0 aromatic heterocycles. The van der Waals surface area contributed by atoms with E-state index in [1.54, 1.807) is 0 Å². The van der Waals surface area contributed by atoms with Crippen LogP contribution in [0.15, 0.2) is 0 Å². The summed E-state index contributed by atoms with van der Waals surface area (Å²) in [7, 11) is 0. The molecule has 0 aliphatic heterocycles. The van der Waals surface area contributed by atoms with E-state index in [1.807, 2.05) is 0 Å². The first-order valence-corrected chi connectivity index (χ1v) is 7.19. The molecule has 17 heavy (non-hydrogen) atoms. The Labute approximate surface area is 105 Å². The number of nitrogens with two attached hydrogens (primary N) is 1. The molecule has 3 N–H and O–H groups in total. The van der Waals surface area contributed by atoms with Crippen LogP contribution >= 0.6 is 0 Å². The molecule has 2 saturated carbocycles. The molecular weight excluding hydrogens is 212 g/mol. The Morgan fingerprint density at radius 3 is 2.59 bits per heavy atom. The van der Waals surface area contributed by atoms with Crippen molar-refractivity contribution in [2.75, 3.05) is 0 Å². The topological polar surface area (TPSA) is 55.1 Å². The lowest BCUT2D eigenvalue weighted by Crippen LogP contribution is -2.44. The van der Waals surface area contributed by atoms with Gasteiger partial charge in [-0.2, -0.15) is 0 Å². The molecule has 1 amide bonds. The Balaban J connectivity index is 1.87. The minimum Gasteiger partial charge on any atom is -0.353 e. The molecule has 98 valence electrons. The third-order valence-corrected chi connectivity index (χ3v) is 4.98. The van der Waals surface area contributed by atoms with Gasteiger partial charge in [-0.3, -0.25) is 4.79 Å². The Kier molecular flexibility index (Phi) is 4.08. The Hall–Kier alpha value is -0.570. The highest BCUT2D eigenvalue weighted by atomic mass is 16.2. The predicted octanol–water partition coefficient (Wildman–Crippen LogP) is 2.05. The van der Waals surface area contributed by atoms with Gasteiger partial charge in [0.05, 0.1) is 5.92 Å². The third kappa shape index (κ3) is 2.65. The van der Waals surface area contributed by atoms with Crippen molar-refractivity contribution < 1.29 is 4.79 Å². The minimum absolute atomic E-state index is 0.0721. The van der Waals surface area contributed by atoms with E-state index in [2.05, 4.69) is 19.2 Å². The van der Waals surface area contributed by atoms with Gasteiger partial charge in [0, 0.05) is 12.1 Å². The summed E-state index contributed by atoms with van der Waals surface area (Å²) >= 11 is 0. The fourth-order valence-corrected chi connectivity index (χ4v) is 3.63. The molecular formula is C14H26N2O. The molecule has 5 atom stereocenters. The predicted molar refractivity (Wildman–Crippen MR) is 69.4 cm³/mol. The quantitative estimate of drug-likeness (QED) is 0.790. The van der Waals surface area contributed by atoms with Crippen LogP contribution in [0.25, 0.3) is 0 Å². The van der Waals surface area contributed by atoms with E-state index in [0.29, 0.717) is 12.0 Å². The molecule has 0 bridgehead atoms. The van der Waals surface area contributed by atoms with Gasteiger partial charge >= 0.3 is 0 Å². The van der Waals surface area contributed by atoms with Gasteiger partial charge in [-0.05, 0) is 37.5 Å². The van der Waals surface area contributed by atoms with Gasteiger partial charge in [0.1, 0.15) is 0 Å². The van der Waals surface area contributed by atoms with Crippen molar-refractivity contribution in [3.8, 4) is 0 Å². The fourth-order valence-electron chi connectivity index (χ4n) is 3.63. The van der Waals surface area contributed by atoms with Crippen molar-refractivity contribution in [2.24, 2.45) is 23.5 Å². The number of amides is 1. The molecule has 5 unspecified atom stereocenters. The highest BCUT2D eigenvalue weighted by Gasteiger charge is 2.36. The maximum absolute atomic E-state index is 12.2. The van der Waals surface area contributed by atoms with E-state index in [9.17, 15) is 4.79 Å². The van der Waals surface area contributed by atoms with E-state index >= 15 is 0 Å². The average molecular weight is 238 g/mol. The van der Waals surface area contributed by atoms with Crippen molar-refractivity contribution in [1.82, 2.24) is 5.32 Å². The summed E-state index contributed by atoms with van der Waals surface area (Å²) in [5, 5.41) is 3.25. The minimum atomic E-state index is 0.0721. The summed E-state index contributed by atoms with van der Waals surface area (Å²) in [6.45, 7) is 4.53. The summed E-state index contributed by atoms with van der Waals surface area (Å²) < 4.78 is 0. The van der Waals surface area contributed by atoms with Crippen LogP contribution in [0.5, 0.6) is 0 Å². The number of rotatable bonds is 3. The van der Waals surface area contributed by atoms with Crippen molar-refractivity contribution >= 4 is 5.91 Å². The summed E-state index contributed by atoms with van der Waals surface area (Å²) in [6, 6.07) is 0.480. The second-order valence-corrected chi connectivity index (χ2v) is 5.92. The molecule has 0 saturated heterocycles. The molecule has 3 nitrogen and oxygen atoms in total. The van der Waals surface area contributed by atoms with Crippen molar-refractivity contribution in [3.05, 3.63) is 0 Å². The van der Waals surface area contributed by atoms with Gasteiger partial charge in [-0.1, -0.05) is 26.7 Å². The monoisotopic (exact) mass is 238 g/mol. The lowest BCUT2D eigenvalue weighted by Gasteiger charge is -2.24. The first-order valence-electron chi connectivity index (χ1n) is 7.19. The van der Waals surface area contributed by atoms with Gasteiger partial charge in [0.2, 0.25) is 5.91 Å². The van der Waals surface area contributed by atoms with E-state index in [0.717, 1.165) is 31.6 Å². The maximum Gasteiger partial charge on any atom is 0.224 e. The van der Waals surface area contributed by atoms with Crippen LogP contribution in [-0.4, -0.2) is 18.0 Å². The average Bonchev–Trinajstić information content (AvgIpc) is 2.87. The zero-order chi connectivity index (χ0) is 12.4. The third-order valence-electron chi connectivity index (χ3n) is 4.98. The number of carbonyl (C=O) groups is 1. The van der Waals surface area contributed by atoms with E-state index in [1.165, 1.54) is 12.8 Å². The standard InChI is InChI=1S/C14H26N2O/c1-3-10-7-8-13(9(10)2)16-14(17)11-5-4-6-12(11)15/h9-13H,3-8,15H2,1-2H3,(H,16,17). The van der Waals surface area contributed by atoms with Crippen LogP contribution in [0.4, 0.5) is 0 Å². The van der Waals surface area contributed by atoms with Crippen LogP contribution in [0, 0.1) is 17.8 Å². The molecule has 2 rings (SSSR count). The summed E-state index contributed by atoms with van der Waals surface area (Å²) in [5.74, 6) is 1.70. The van der Waals surface area contributed by atoms with E-state index in [-0.39, 0.29) is 17.9 Å². The van der Waals surface area contributed by atoms with Gasteiger partial charge < -0.3 is 11.1 Å². The molecule has 0 heterocycles. The van der Waals surface area contributed by atoms with E-state index in [4.69, 9.17) is 5.73 Å². The second kappa shape index (κ2) is 5.38. The van der Waals surface area contributed by atoms with Crippen LogP contribution in [0.3, 0.4) is 0 Å². The fraction of sp³-hybridized carbons (Fsp3) is 0.929. The summed E-state index contributed by atoms with van der Waals surface area (Å²) in [5.41, 5.74) is 5.98. The molecule has 0 spiro atoms. The summed E-state index contributed by atoms with van der Waals surface area (Å²) in [6.07, 6.45) is 6.74. The number of hydrogen-bond acceptors (Lipinski definition) is 2. The molecule has 2 aliphatic carbocycles. The number of carbonyl (C=O) groups excluding carboxylic acids is 1. The number of nitrogens with one attached hydrogen (secondary N) is 1. The molecule has 0 radical (unpaired) electrons. The first-order chi connectivity index (χ1) is 8.13. The van der Waals surface area contributed by atoms with Gasteiger partial charge in [0.15, 0.2) is 0 Å².